The summed E-state index contributed by atoms with van der Waals surface area (Å²) in [5.41, 5.74) is 0.127. The van der Waals surface area contributed by atoms with Gasteiger partial charge in [-0.15, -0.1) is 0 Å². The van der Waals surface area contributed by atoms with Crippen LogP contribution < -0.4 is 0 Å². The van der Waals surface area contributed by atoms with E-state index < -0.39 is 5.60 Å². The molecule has 3 rings (SSSR count). The van der Waals surface area contributed by atoms with E-state index in [9.17, 15) is 5.11 Å². The molecule has 0 aliphatic heterocycles. The molecular weight excluding hydrogens is 244 g/mol. The van der Waals surface area contributed by atoms with E-state index in [4.69, 9.17) is 0 Å². The fourth-order valence-electron chi connectivity index (χ4n) is 2.88. The first-order chi connectivity index (χ1) is 6.74. The van der Waals surface area contributed by atoms with Crippen LogP contribution in [0.2, 0.25) is 0 Å². The number of hydrogen-bond acceptors (Lipinski definition) is 3. The number of aliphatic hydroxyl groups is 1. The van der Waals surface area contributed by atoms with Crippen molar-refractivity contribution in [3.63, 3.8) is 0 Å². The Bertz CT molecular complexity index is 372. The van der Waals surface area contributed by atoms with Crippen molar-refractivity contribution in [3.8, 4) is 0 Å². The summed E-state index contributed by atoms with van der Waals surface area (Å²) in [6.45, 7) is 0. The smallest absolute Gasteiger partial charge is 0.115 e. The second-order valence-corrected chi connectivity index (χ2v) is 5.04. The minimum Gasteiger partial charge on any atom is -0.383 e. The predicted octanol–water partition coefficient (Wildman–Crippen LogP) is 1.86. The normalized spacial score (nSPS) is 39.6. The molecule has 2 fully saturated rings. The molecule has 1 aromatic rings. The van der Waals surface area contributed by atoms with Crippen LogP contribution in [0.1, 0.15) is 25.0 Å². The van der Waals surface area contributed by atoms with Gasteiger partial charge in [-0.25, -0.2) is 9.97 Å². The molecule has 0 bridgehead atoms. The average Bonchev–Trinajstić information content (AvgIpc) is 2.63. The Morgan fingerprint density at radius 2 is 2.14 bits per heavy atom. The maximum Gasteiger partial charge on any atom is 0.115 e. The number of rotatable bonds is 1. The molecule has 0 radical (unpaired) electrons. The Balaban J connectivity index is 2.01. The minimum atomic E-state index is -0.653. The second kappa shape index (κ2) is 2.76. The van der Waals surface area contributed by atoms with Crippen molar-refractivity contribution in [1.82, 2.24) is 9.97 Å². The molecule has 1 aromatic heterocycles. The van der Waals surface area contributed by atoms with Crippen LogP contribution in [0.4, 0.5) is 0 Å². The lowest BCUT2D eigenvalue weighted by Crippen LogP contribution is -2.16. The van der Waals surface area contributed by atoms with Crippen LogP contribution in [-0.4, -0.2) is 15.1 Å². The molecular formula is C10H11BrN2O. The van der Waals surface area contributed by atoms with Crippen LogP contribution in [-0.2, 0) is 5.60 Å². The highest BCUT2D eigenvalue weighted by molar-refractivity contribution is 9.10. The summed E-state index contributed by atoms with van der Waals surface area (Å²) in [5, 5.41) is 10.4. The molecule has 74 valence electrons. The number of halogens is 1. The van der Waals surface area contributed by atoms with Crippen molar-refractivity contribution in [3.05, 3.63) is 22.7 Å². The van der Waals surface area contributed by atoms with Gasteiger partial charge >= 0.3 is 0 Å². The van der Waals surface area contributed by atoms with Crippen LogP contribution in [0.25, 0.3) is 0 Å². The standard InChI is InChI=1S/C10H11BrN2O/c11-8-4-12-5-13-9(8)10(14)6-2-1-3-7(6)10/h4-7,14H,1-3H2. The van der Waals surface area contributed by atoms with Gasteiger partial charge in [0.25, 0.3) is 0 Å². The van der Waals surface area contributed by atoms with Gasteiger partial charge in [0.05, 0.1) is 10.2 Å². The molecule has 14 heavy (non-hydrogen) atoms. The van der Waals surface area contributed by atoms with Crippen molar-refractivity contribution in [2.24, 2.45) is 11.8 Å². The summed E-state index contributed by atoms with van der Waals surface area (Å²) in [5.74, 6) is 0.877. The predicted molar refractivity (Wildman–Crippen MR) is 54.5 cm³/mol. The molecule has 2 atom stereocenters. The minimum absolute atomic E-state index is 0.439. The number of fused-ring (bicyclic) bond motifs is 1. The summed E-state index contributed by atoms with van der Waals surface area (Å²) in [6.07, 6.45) is 6.73. The molecule has 2 aliphatic rings. The second-order valence-electron chi connectivity index (χ2n) is 4.19. The Labute approximate surface area is 90.7 Å². The zero-order valence-electron chi connectivity index (χ0n) is 7.65. The monoisotopic (exact) mass is 254 g/mol. The highest BCUT2D eigenvalue weighted by Gasteiger charge is 2.67. The molecule has 1 heterocycles. The highest BCUT2D eigenvalue weighted by Crippen LogP contribution is 2.66. The van der Waals surface area contributed by atoms with E-state index in [0.29, 0.717) is 11.8 Å². The molecule has 0 aromatic carbocycles. The van der Waals surface area contributed by atoms with E-state index in [0.717, 1.165) is 23.0 Å². The first-order valence-corrected chi connectivity index (χ1v) is 5.72. The number of aromatic nitrogens is 2. The summed E-state index contributed by atoms with van der Waals surface area (Å²) >= 11 is 3.40. The summed E-state index contributed by atoms with van der Waals surface area (Å²) in [4.78, 5) is 8.10. The largest absolute Gasteiger partial charge is 0.383 e. The lowest BCUT2D eigenvalue weighted by atomic mass is 10.0. The van der Waals surface area contributed by atoms with E-state index in [2.05, 4.69) is 25.9 Å². The van der Waals surface area contributed by atoms with E-state index in [1.807, 2.05) is 0 Å². The van der Waals surface area contributed by atoms with Crippen molar-refractivity contribution < 1.29 is 5.11 Å². The van der Waals surface area contributed by atoms with Gasteiger partial charge in [-0.05, 0) is 40.6 Å². The zero-order chi connectivity index (χ0) is 9.76. The van der Waals surface area contributed by atoms with Crippen molar-refractivity contribution in [1.29, 1.82) is 0 Å². The topological polar surface area (TPSA) is 46.0 Å². The van der Waals surface area contributed by atoms with Gasteiger partial charge in [-0.3, -0.25) is 0 Å². The molecule has 2 saturated carbocycles. The SMILES string of the molecule is OC1(c2ncncc2Br)C2CCCC21. The van der Waals surface area contributed by atoms with Crippen LogP contribution in [0.3, 0.4) is 0 Å². The van der Waals surface area contributed by atoms with Gasteiger partial charge in [0.15, 0.2) is 0 Å². The van der Waals surface area contributed by atoms with Gasteiger partial charge in [0.2, 0.25) is 0 Å². The fraction of sp³-hybridized carbons (Fsp3) is 0.600. The lowest BCUT2D eigenvalue weighted by Gasteiger charge is -2.14. The van der Waals surface area contributed by atoms with Crippen LogP contribution in [0.5, 0.6) is 0 Å². The van der Waals surface area contributed by atoms with E-state index >= 15 is 0 Å². The molecule has 0 amide bonds. The van der Waals surface area contributed by atoms with Crippen molar-refractivity contribution >= 4 is 15.9 Å². The molecule has 4 heteroatoms. The molecule has 1 N–H and O–H groups in total. The van der Waals surface area contributed by atoms with Crippen LogP contribution >= 0.6 is 15.9 Å². The third-order valence-corrected chi connectivity index (χ3v) is 4.16. The number of nitrogens with zero attached hydrogens (tertiary/aromatic N) is 2. The first-order valence-electron chi connectivity index (χ1n) is 4.93. The zero-order valence-corrected chi connectivity index (χ0v) is 9.24. The molecule has 2 unspecified atom stereocenters. The number of hydrogen-bond donors (Lipinski definition) is 1. The first kappa shape index (κ1) is 8.80. The van der Waals surface area contributed by atoms with E-state index in [-0.39, 0.29) is 0 Å². The van der Waals surface area contributed by atoms with Crippen LogP contribution in [0, 0.1) is 11.8 Å². The van der Waals surface area contributed by atoms with Gasteiger partial charge in [-0.1, -0.05) is 6.42 Å². The van der Waals surface area contributed by atoms with Gasteiger partial charge in [-0.2, -0.15) is 0 Å². The summed E-state index contributed by atoms with van der Waals surface area (Å²) in [6, 6.07) is 0. The third kappa shape index (κ3) is 0.956. The maximum atomic E-state index is 10.4. The van der Waals surface area contributed by atoms with Crippen molar-refractivity contribution in [2.45, 2.75) is 24.9 Å². The molecule has 0 saturated heterocycles. The van der Waals surface area contributed by atoms with E-state index in [1.165, 1.54) is 12.7 Å². The molecule has 2 aliphatic carbocycles. The van der Waals surface area contributed by atoms with Crippen molar-refractivity contribution in [2.75, 3.05) is 0 Å². The third-order valence-electron chi connectivity index (χ3n) is 3.58. The Hall–Kier alpha value is -0.480. The lowest BCUT2D eigenvalue weighted by molar-refractivity contribution is 0.0997. The Kier molecular flexibility index (Phi) is 1.74. The molecule has 3 nitrogen and oxygen atoms in total. The summed E-state index contributed by atoms with van der Waals surface area (Å²) in [7, 11) is 0. The molecule has 0 spiro atoms. The van der Waals surface area contributed by atoms with Gasteiger partial charge in [0.1, 0.15) is 11.9 Å². The van der Waals surface area contributed by atoms with Crippen LogP contribution in [0.15, 0.2) is 17.0 Å². The van der Waals surface area contributed by atoms with Gasteiger partial charge in [0, 0.05) is 6.20 Å². The Morgan fingerprint density at radius 1 is 1.43 bits per heavy atom. The highest BCUT2D eigenvalue weighted by atomic mass is 79.9. The fourth-order valence-corrected chi connectivity index (χ4v) is 3.42. The maximum absolute atomic E-state index is 10.4. The Morgan fingerprint density at radius 3 is 2.79 bits per heavy atom. The quantitative estimate of drug-likeness (QED) is 0.833. The van der Waals surface area contributed by atoms with E-state index in [1.54, 1.807) is 6.20 Å². The van der Waals surface area contributed by atoms with Gasteiger partial charge < -0.3 is 5.11 Å². The average molecular weight is 255 g/mol. The summed E-state index contributed by atoms with van der Waals surface area (Å²) < 4.78 is 0.830.